The first-order chi connectivity index (χ1) is 7.77. The Kier molecular flexibility index (Phi) is 5.69. The Labute approximate surface area is 118 Å². The SMILES string of the molecule is Cn1ccnc1CN=C(N)N1CCOCC1.I. The van der Waals surface area contributed by atoms with Gasteiger partial charge in [-0.2, -0.15) is 0 Å². The standard InChI is InChI=1S/C10H17N5O.HI/c1-14-3-2-12-9(14)8-13-10(11)15-4-6-16-7-5-15;/h2-3H,4-8H2,1H3,(H2,11,13);1H. The minimum Gasteiger partial charge on any atom is -0.378 e. The second-order valence-electron chi connectivity index (χ2n) is 3.73. The van der Waals surface area contributed by atoms with Crippen LogP contribution in [0.25, 0.3) is 0 Å². The van der Waals surface area contributed by atoms with Gasteiger partial charge in [0.05, 0.1) is 13.2 Å². The van der Waals surface area contributed by atoms with Gasteiger partial charge in [-0.05, 0) is 0 Å². The van der Waals surface area contributed by atoms with E-state index in [4.69, 9.17) is 10.5 Å². The van der Waals surface area contributed by atoms with E-state index in [1.807, 2.05) is 22.7 Å². The summed E-state index contributed by atoms with van der Waals surface area (Å²) >= 11 is 0. The quantitative estimate of drug-likeness (QED) is 0.469. The van der Waals surface area contributed by atoms with E-state index in [2.05, 4.69) is 9.98 Å². The molecule has 96 valence electrons. The molecule has 0 amide bonds. The molecule has 0 aromatic carbocycles. The number of nitrogens with zero attached hydrogens (tertiary/aromatic N) is 4. The van der Waals surface area contributed by atoms with Gasteiger partial charge in [0.15, 0.2) is 5.96 Å². The number of aromatic nitrogens is 2. The molecule has 0 atom stereocenters. The van der Waals surface area contributed by atoms with Crippen LogP contribution in [-0.2, 0) is 18.3 Å². The van der Waals surface area contributed by atoms with E-state index in [1.165, 1.54) is 0 Å². The van der Waals surface area contributed by atoms with E-state index in [1.54, 1.807) is 6.20 Å². The van der Waals surface area contributed by atoms with E-state index in [0.29, 0.717) is 12.5 Å². The second-order valence-corrected chi connectivity index (χ2v) is 3.73. The van der Waals surface area contributed by atoms with Crippen molar-refractivity contribution in [2.24, 2.45) is 17.8 Å². The topological polar surface area (TPSA) is 68.7 Å². The van der Waals surface area contributed by atoms with Gasteiger partial charge in [0.2, 0.25) is 0 Å². The zero-order chi connectivity index (χ0) is 11.4. The highest BCUT2D eigenvalue weighted by atomic mass is 127. The van der Waals surface area contributed by atoms with Crippen molar-refractivity contribution in [1.29, 1.82) is 0 Å². The summed E-state index contributed by atoms with van der Waals surface area (Å²) in [6, 6.07) is 0. The number of aliphatic imine (C=N–C) groups is 1. The van der Waals surface area contributed by atoms with Crippen LogP contribution in [0.1, 0.15) is 5.82 Å². The Morgan fingerprint density at radius 3 is 2.82 bits per heavy atom. The number of ether oxygens (including phenoxy) is 1. The number of guanidine groups is 1. The minimum absolute atomic E-state index is 0. The number of rotatable bonds is 2. The predicted molar refractivity (Wildman–Crippen MR) is 76.3 cm³/mol. The molecular weight excluding hydrogens is 333 g/mol. The van der Waals surface area contributed by atoms with Crippen molar-refractivity contribution in [1.82, 2.24) is 14.5 Å². The molecule has 0 spiro atoms. The van der Waals surface area contributed by atoms with E-state index >= 15 is 0 Å². The van der Waals surface area contributed by atoms with Crippen LogP contribution in [0, 0.1) is 0 Å². The Bertz CT molecular complexity index is 373. The highest BCUT2D eigenvalue weighted by Gasteiger charge is 2.12. The Hall–Kier alpha value is -0.830. The van der Waals surface area contributed by atoms with Gasteiger partial charge < -0.3 is 19.9 Å². The fourth-order valence-corrected chi connectivity index (χ4v) is 1.59. The molecule has 0 bridgehead atoms. The van der Waals surface area contributed by atoms with Crippen LogP contribution in [-0.4, -0.2) is 46.7 Å². The third-order valence-corrected chi connectivity index (χ3v) is 2.64. The van der Waals surface area contributed by atoms with Crippen LogP contribution in [0.4, 0.5) is 0 Å². The van der Waals surface area contributed by atoms with Crippen molar-refractivity contribution in [3.05, 3.63) is 18.2 Å². The maximum Gasteiger partial charge on any atom is 0.191 e. The largest absolute Gasteiger partial charge is 0.378 e. The average Bonchev–Trinajstić information content (AvgIpc) is 2.73. The average molecular weight is 351 g/mol. The van der Waals surface area contributed by atoms with Gasteiger partial charge in [0.1, 0.15) is 12.4 Å². The number of aryl methyl sites for hydroxylation is 1. The third-order valence-electron chi connectivity index (χ3n) is 2.64. The van der Waals surface area contributed by atoms with E-state index in [-0.39, 0.29) is 24.0 Å². The molecule has 7 heteroatoms. The summed E-state index contributed by atoms with van der Waals surface area (Å²) in [5.74, 6) is 1.49. The number of hydrogen-bond acceptors (Lipinski definition) is 3. The maximum absolute atomic E-state index is 5.90. The molecule has 0 aliphatic carbocycles. The molecule has 17 heavy (non-hydrogen) atoms. The molecule has 0 radical (unpaired) electrons. The highest BCUT2D eigenvalue weighted by molar-refractivity contribution is 14.0. The van der Waals surface area contributed by atoms with Crippen LogP contribution in [0.5, 0.6) is 0 Å². The smallest absolute Gasteiger partial charge is 0.191 e. The van der Waals surface area contributed by atoms with Gasteiger partial charge in [-0.25, -0.2) is 9.98 Å². The van der Waals surface area contributed by atoms with Gasteiger partial charge in [0.25, 0.3) is 0 Å². The Balaban J connectivity index is 0.00000144. The summed E-state index contributed by atoms with van der Waals surface area (Å²) in [4.78, 5) is 10.6. The number of nitrogens with two attached hydrogens (primary N) is 1. The molecule has 2 heterocycles. The summed E-state index contributed by atoms with van der Waals surface area (Å²) in [6.07, 6.45) is 3.66. The monoisotopic (exact) mass is 351 g/mol. The van der Waals surface area contributed by atoms with Gasteiger partial charge >= 0.3 is 0 Å². The zero-order valence-corrected chi connectivity index (χ0v) is 12.2. The molecule has 1 aliphatic rings. The molecule has 1 saturated heterocycles. The zero-order valence-electron chi connectivity index (χ0n) is 9.87. The lowest BCUT2D eigenvalue weighted by Gasteiger charge is -2.27. The normalized spacial score (nSPS) is 16.8. The lowest BCUT2D eigenvalue weighted by Crippen LogP contribution is -2.44. The van der Waals surface area contributed by atoms with Gasteiger partial charge in [0, 0.05) is 32.5 Å². The molecule has 6 nitrogen and oxygen atoms in total. The number of imidazole rings is 1. The molecule has 1 aromatic rings. The van der Waals surface area contributed by atoms with Gasteiger partial charge in [-0.3, -0.25) is 0 Å². The van der Waals surface area contributed by atoms with Crippen molar-refractivity contribution in [3.8, 4) is 0 Å². The van der Waals surface area contributed by atoms with E-state index in [0.717, 1.165) is 32.1 Å². The number of hydrogen-bond donors (Lipinski definition) is 1. The van der Waals surface area contributed by atoms with Crippen LogP contribution >= 0.6 is 24.0 Å². The van der Waals surface area contributed by atoms with Gasteiger partial charge in [-0.1, -0.05) is 0 Å². The highest BCUT2D eigenvalue weighted by Crippen LogP contribution is 1.99. The Morgan fingerprint density at radius 1 is 1.53 bits per heavy atom. The predicted octanol–water partition coefficient (Wildman–Crippen LogP) is 0.185. The van der Waals surface area contributed by atoms with Crippen molar-refractivity contribution in [3.63, 3.8) is 0 Å². The van der Waals surface area contributed by atoms with Crippen LogP contribution < -0.4 is 5.73 Å². The van der Waals surface area contributed by atoms with Gasteiger partial charge in [-0.15, -0.1) is 24.0 Å². The summed E-state index contributed by atoms with van der Waals surface area (Å²) in [7, 11) is 1.95. The third kappa shape index (κ3) is 3.84. The number of morpholine rings is 1. The van der Waals surface area contributed by atoms with Crippen molar-refractivity contribution < 1.29 is 4.74 Å². The summed E-state index contributed by atoms with van der Waals surface area (Å²) in [5, 5.41) is 0. The minimum atomic E-state index is 0. The summed E-state index contributed by atoms with van der Waals surface area (Å²) in [5.41, 5.74) is 5.90. The van der Waals surface area contributed by atoms with Crippen LogP contribution in [0.15, 0.2) is 17.4 Å². The van der Waals surface area contributed by atoms with E-state index in [9.17, 15) is 0 Å². The maximum atomic E-state index is 5.90. The number of halogens is 1. The molecule has 0 saturated carbocycles. The first-order valence-electron chi connectivity index (χ1n) is 5.36. The molecule has 0 unspecified atom stereocenters. The molecule has 1 aromatic heterocycles. The lowest BCUT2D eigenvalue weighted by molar-refractivity contribution is 0.0674. The fraction of sp³-hybridized carbons (Fsp3) is 0.600. The molecular formula is C10H18IN5O. The first kappa shape index (κ1) is 14.2. The first-order valence-corrected chi connectivity index (χ1v) is 5.36. The van der Waals surface area contributed by atoms with E-state index < -0.39 is 0 Å². The molecule has 1 aliphatic heterocycles. The lowest BCUT2D eigenvalue weighted by atomic mass is 10.4. The Morgan fingerprint density at radius 2 is 2.24 bits per heavy atom. The second kappa shape index (κ2) is 6.80. The van der Waals surface area contributed by atoms with Crippen LogP contribution in [0.3, 0.4) is 0 Å². The molecule has 2 rings (SSSR count). The molecule has 2 N–H and O–H groups in total. The van der Waals surface area contributed by atoms with Crippen molar-refractivity contribution in [2.75, 3.05) is 26.3 Å². The van der Waals surface area contributed by atoms with Crippen molar-refractivity contribution in [2.45, 2.75) is 6.54 Å². The molecule has 1 fully saturated rings. The van der Waals surface area contributed by atoms with Crippen molar-refractivity contribution >= 4 is 29.9 Å². The summed E-state index contributed by atoms with van der Waals surface area (Å²) < 4.78 is 7.19. The summed E-state index contributed by atoms with van der Waals surface area (Å²) in [6.45, 7) is 3.59. The van der Waals surface area contributed by atoms with Crippen LogP contribution in [0.2, 0.25) is 0 Å². The fourth-order valence-electron chi connectivity index (χ4n) is 1.59.